The molecule has 7 heteroatoms. The maximum absolute atomic E-state index is 11.1. The molecule has 3 rings (SSSR count). The fourth-order valence-corrected chi connectivity index (χ4v) is 3.97. The van der Waals surface area contributed by atoms with Crippen molar-refractivity contribution in [2.24, 2.45) is 0 Å². The Kier molecular flexibility index (Phi) is 6.60. The zero-order valence-corrected chi connectivity index (χ0v) is 15.8. The topological polar surface area (TPSA) is 62.5 Å². The molecule has 2 heterocycles. The average molecular weight is 372 g/mol. The van der Waals surface area contributed by atoms with E-state index >= 15 is 0 Å². The van der Waals surface area contributed by atoms with Crippen LogP contribution in [-0.2, 0) is 6.42 Å². The third-order valence-corrected chi connectivity index (χ3v) is 5.69. The molecule has 138 valence electrons. The van der Waals surface area contributed by atoms with E-state index in [1.165, 1.54) is 0 Å². The number of aryl methyl sites for hydroxylation is 1. The molecule has 6 nitrogen and oxygen atoms in total. The molecule has 0 amide bonds. The van der Waals surface area contributed by atoms with Crippen LogP contribution in [0.15, 0.2) is 52.5 Å². The van der Waals surface area contributed by atoms with E-state index in [2.05, 4.69) is 21.8 Å². The summed E-state index contributed by atoms with van der Waals surface area (Å²) >= 11 is 1.57. The Balaban J connectivity index is 1.66. The predicted molar refractivity (Wildman–Crippen MR) is 104 cm³/mol. The van der Waals surface area contributed by atoms with Crippen LogP contribution in [0.25, 0.3) is 0 Å². The third kappa shape index (κ3) is 5.27. The molecule has 0 radical (unpaired) electrons. The summed E-state index contributed by atoms with van der Waals surface area (Å²) in [6.45, 7) is 5.45. The summed E-state index contributed by atoms with van der Waals surface area (Å²) in [5.74, 6) is 0. The minimum absolute atomic E-state index is 0.157. The van der Waals surface area contributed by atoms with Crippen molar-refractivity contribution in [3.05, 3.63) is 58.3 Å². The van der Waals surface area contributed by atoms with Crippen LogP contribution in [0.4, 0.5) is 5.69 Å². The molecule has 1 aromatic heterocycles. The molecule has 1 saturated heterocycles. The van der Waals surface area contributed by atoms with Gasteiger partial charge in [0, 0.05) is 49.4 Å². The zero-order chi connectivity index (χ0) is 18.4. The molecule has 0 bridgehead atoms. The molecule has 0 unspecified atom stereocenters. The van der Waals surface area contributed by atoms with Gasteiger partial charge in [-0.3, -0.25) is 10.1 Å². The number of hydrogen-bond donors (Lipinski definition) is 0. The highest BCUT2D eigenvalue weighted by Gasteiger charge is 2.15. The number of piperazine rings is 1. The smallest absolute Gasteiger partial charge is 0.269 e. The lowest BCUT2D eigenvalue weighted by Gasteiger charge is -2.32. The Morgan fingerprint density at radius 3 is 2.69 bits per heavy atom. The molecule has 1 aliphatic rings. The van der Waals surface area contributed by atoms with Crippen LogP contribution >= 0.6 is 11.8 Å². The SMILES string of the molecule is CN1CCN(CCCc2cc([N+](=O)[O-])ccc2Sc2ccccn2)CC1. The Morgan fingerprint density at radius 2 is 2.00 bits per heavy atom. The van der Waals surface area contributed by atoms with Gasteiger partial charge in [0.15, 0.2) is 0 Å². The van der Waals surface area contributed by atoms with E-state index in [1.807, 2.05) is 24.3 Å². The van der Waals surface area contributed by atoms with Gasteiger partial charge in [0.25, 0.3) is 5.69 Å². The van der Waals surface area contributed by atoms with Crippen LogP contribution in [0, 0.1) is 10.1 Å². The second-order valence-electron chi connectivity index (χ2n) is 6.57. The van der Waals surface area contributed by atoms with Crippen molar-refractivity contribution in [3.63, 3.8) is 0 Å². The first-order chi connectivity index (χ1) is 12.6. The van der Waals surface area contributed by atoms with Gasteiger partial charge in [-0.1, -0.05) is 17.8 Å². The van der Waals surface area contributed by atoms with E-state index in [1.54, 1.807) is 30.1 Å². The summed E-state index contributed by atoms with van der Waals surface area (Å²) in [7, 11) is 2.15. The van der Waals surface area contributed by atoms with E-state index in [0.717, 1.165) is 61.1 Å². The van der Waals surface area contributed by atoms with Gasteiger partial charge in [-0.2, -0.15) is 0 Å². The first-order valence-electron chi connectivity index (χ1n) is 8.89. The minimum Gasteiger partial charge on any atom is -0.304 e. The first kappa shape index (κ1) is 18.8. The van der Waals surface area contributed by atoms with Crippen molar-refractivity contribution in [1.29, 1.82) is 0 Å². The Labute approximate surface area is 158 Å². The third-order valence-electron chi connectivity index (χ3n) is 4.62. The summed E-state index contributed by atoms with van der Waals surface area (Å²) in [4.78, 5) is 21.0. The number of nitro groups is 1. The lowest BCUT2D eigenvalue weighted by molar-refractivity contribution is -0.385. The molecule has 0 saturated carbocycles. The molecule has 0 atom stereocenters. The Bertz CT molecular complexity index is 734. The van der Waals surface area contributed by atoms with Crippen LogP contribution in [0.3, 0.4) is 0 Å². The molecule has 0 N–H and O–H groups in total. The monoisotopic (exact) mass is 372 g/mol. The van der Waals surface area contributed by atoms with Gasteiger partial charge in [0.1, 0.15) is 5.03 Å². The highest BCUT2D eigenvalue weighted by molar-refractivity contribution is 7.99. The van der Waals surface area contributed by atoms with Gasteiger partial charge in [0.2, 0.25) is 0 Å². The van der Waals surface area contributed by atoms with Crippen LogP contribution in [0.5, 0.6) is 0 Å². The maximum Gasteiger partial charge on any atom is 0.269 e. The van der Waals surface area contributed by atoms with Crippen LogP contribution in [0.2, 0.25) is 0 Å². The largest absolute Gasteiger partial charge is 0.304 e. The highest BCUT2D eigenvalue weighted by Crippen LogP contribution is 2.32. The van der Waals surface area contributed by atoms with Gasteiger partial charge in [-0.05, 0) is 50.2 Å². The summed E-state index contributed by atoms with van der Waals surface area (Å²) in [6.07, 6.45) is 3.60. The van der Waals surface area contributed by atoms with Gasteiger partial charge < -0.3 is 9.80 Å². The van der Waals surface area contributed by atoms with Crippen molar-refractivity contribution in [1.82, 2.24) is 14.8 Å². The second kappa shape index (κ2) is 9.12. The van der Waals surface area contributed by atoms with Crippen molar-refractivity contribution in [3.8, 4) is 0 Å². The fraction of sp³-hybridized carbons (Fsp3) is 0.421. The van der Waals surface area contributed by atoms with Crippen LogP contribution < -0.4 is 0 Å². The number of rotatable bonds is 7. The molecule has 1 aliphatic heterocycles. The first-order valence-corrected chi connectivity index (χ1v) is 9.70. The number of nitro benzene ring substituents is 1. The zero-order valence-electron chi connectivity index (χ0n) is 15.0. The predicted octanol–water partition coefficient (Wildman–Crippen LogP) is 3.32. The van der Waals surface area contributed by atoms with Gasteiger partial charge in [-0.15, -0.1) is 0 Å². The summed E-state index contributed by atoms with van der Waals surface area (Å²) in [5.41, 5.74) is 1.19. The quantitative estimate of drug-likeness (QED) is 0.549. The molecule has 0 spiro atoms. The molecule has 1 aromatic carbocycles. The highest BCUT2D eigenvalue weighted by atomic mass is 32.2. The van der Waals surface area contributed by atoms with Crippen LogP contribution in [0.1, 0.15) is 12.0 Å². The van der Waals surface area contributed by atoms with E-state index in [-0.39, 0.29) is 10.6 Å². The van der Waals surface area contributed by atoms with Crippen molar-refractivity contribution in [2.75, 3.05) is 39.8 Å². The fourth-order valence-electron chi connectivity index (χ4n) is 3.06. The lowest BCUT2D eigenvalue weighted by Crippen LogP contribution is -2.44. The number of pyridine rings is 1. The van der Waals surface area contributed by atoms with Crippen molar-refractivity contribution in [2.45, 2.75) is 22.8 Å². The molecule has 1 fully saturated rings. The summed E-state index contributed by atoms with van der Waals surface area (Å²) in [5, 5.41) is 12.1. The second-order valence-corrected chi connectivity index (χ2v) is 7.63. The van der Waals surface area contributed by atoms with Crippen molar-refractivity contribution >= 4 is 17.4 Å². The number of non-ortho nitro benzene ring substituents is 1. The van der Waals surface area contributed by atoms with Crippen LogP contribution in [-0.4, -0.2) is 59.5 Å². The van der Waals surface area contributed by atoms with E-state index in [0.29, 0.717) is 0 Å². The van der Waals surface area contributed by atoms with Gasteiger partial charge in [-0.25, -0.2) is 4.98 Å². The lowest BCUT2D eigenvalue weighted by atomic mass is 10.1. The molecule has 0 aliphatic carbocycles. The van der Waals surface area contributed by atoms with Gasteiger partial charge in [0.05, 0.1) is 4.92 Å². The van der Waals surface area contributed by atoms with Gasteiger partial charge >= 0.3 is 0 Å². The van der Waals surface area contributed by atoms with E-state index in [4.69, 9.17) is 0 Å². The maximum atomic E-state index is 11.1. The summed E-state index contributed by atoms with van der Waals surface area (Å²) < 4.78 is 0. The van der Waals surface area contributed by atoms with E-state index < -0.39 is 0 Å². The van der Waals surface area contributed by atoms with Crippen molar-refractivity contribution < 1.29 is 4.92 Å². The normalized spacial score (nSPS) is 15.9. The average Bonchev–Trinajstić information content (AvgIpc) is 2.65. The molecule has 2 aromatic rings. The number of hydrogen-bond acceptors (Lipinski definition) is 6. The molecular formula is C19H24N4O2S. The van der Waals surface area contributed by atoms with E-state index in [9.17, 15) is 10.1 Å². The molecular weight excluding hydrogens is 348 g/mol. The summed E-state index contributed by atoms with van der Waals surface area (Å²) in [6, 6.07) is 10.9. The number of benzene rings is 1. The standard InChI is InChI=1S/C19H24N4O2S/c1-21-11-13-22(14-12-21)10-4-5-16-15-17(23(24)25)7-8-18(16)26-19-6-2-3-9-20-19/h2-3,6-9,15H,4-5,10-14H2,1H3. The number of likely N-dealkylation sites (N-methyl/N-ethyl adjacent to an activating group) is 1. The number of aromatic nitrogens is 1. The Hall–Kier alpha value is -1.96. The minimum atomic E-state index is -0.320. The number of nitrogens with zero attached hydrogens (tertiary/aromatic N) is 4. The Morgan fingerprint density at radius 1 is 1.19 bits per heavy atom. The molecule has 26 heavy (non-hydrogen) atoms.